The number of morpholine rings is 1. The van der Waals surface area contributed by atoms with E-state index < -0.39 is 0 Å². The van der Waals surface area contributed by atoms with Crippen LogP contribution < -0.4 is 5.43 Å². The van der Waals surface area contributed by atoms with Gasteiger partial charge in [-0.3, -0.25) is 5.43 Å². The standard InChI is InChI=1S/C10H21N3O/c1-2-5-12(4-1)6-3-11-13-7-9-14-10-8-13/h11H,1-10H2. The molecule has 0 aliphatic carbocycles. The highest BCUT2D eigenvalue weighted by atomic mass is 16.5. The summed E-state index contributed by atoms with van der Waals surface area (Å²) in [6.07, 6.45) is 2.77. The summed E-state index contributed by atoms with van der Waals surface area (Å²) in [7, 11) is 0. The zero-order valence-electron chi connectivity index (χ0n) is 8.87. The van der Waals surface area contributed by atoms with E-state index in [0.717, 1.165) is 32.8 Å². The summed E-state index contributed by atoms with van der Waals surface area (Å²) >= 11 is 0. The Morgan fingerprint density at radius 1 is 1.00 bits per heavy atom. The molecule has 0 unspecified atom stereocenters. The van der Waals surface area contributed by atoms with Crippen molar-refractivity contribution in [2.45, 2.75) is 12.8 Å². The van der Waals surface area contributed by atoms with Crippen LogP contribution in [0.15, 0.2) is 0 Å². The highest BCUT2D eigenvalue weighted by molar-refractivity contribution is 4.67. The average molecular weight is 199 g/mol. The molecular weight excluding hydrogens is 178 g/mol. The highest BCUT2D eigenvalue weighted by Crippen LogP contribution is 2.05. The van der Waals surface area contributed by atoms with Crippen molar-refractivity contribution in [1.82, 2.24) is 15.3 Å². The zero-order chi connectivity index (χ0) is 9.64. The van der Waals surface area contributed by atoms with Gasteiger partial charge in [0.2, 0.25) is 0 Å². The largest absolute Gasteiger partial charge is 0.379 e. The molecule has 0 atom stereocenters. The third-order valence-electron chi connectivity index (χ3n) is 2.97. The van der Waals surface area contributed by atoms with E-state index >= 15 is 0 Å². The molecule has 2 heterocycles. The molecule has 14 heavy (non-hydrogen) atoms. The summed E-state index contributed by atoms with van der Waals surface area (Å²) in [5.41, 5.74) is 3.46. The summed E-state index contributed by atoms with van der Waals surface area (Å²) in [6, 6.07) is 0. The molecule has 1 N–H and O–H groups in total. The molecule has 2 rings (SSSR count). The van der Waals surface area contributed by atoms with Gasteiger partial charge in [0.1, 0.15) is 0 Å². The third-order valence-corrected chi connectivity index (χ3v) is 2.97. The lowest BCUT2D eigenvalue weighted by Gasteiger charge is -2.28. The molecule has 0 aromatic rings. The van der Waals surface area contributed by atoms with Gasteiger partial charge in [0.25, 0.3) is 0 Å². The monoisotopic (exact) mass is 199 g/mol. The van der Waals surface area contributed by atoms with Crippen LogP contribution in [0.5, 0.6) is 0 Å². The first-order valence-corrected chi connectivity index (χ1v) is 5.74. The van der Waals surface area contributed by atoms with Crippen molar-refractivity contribution in [3.63, 3.8) is 0 Å². The maximum Gasteiger partial charge on any atom is 0.0608 e. The Morgan fingerprint density at radius 3 is 2.43 bits per heavy atom. The van der Waals surface area contributed by atoms with Crippen molar-refractivity contribution in [3.05, 3.63) is 0 Å². The number of likely N-dealkylation sites (tertiary alicyclic amines) is 1. The number of hydrazine groups is 1. The van der Waals surface area contributed by atoms with E-state index in [0.29, 0.717) is 0 Å². The van der Waals surface area contributed by atoms with Gasteiger partial charge in [-0.1, -0.05) is 0 Å². The quantitative estimate of drug-likeness (QED) is 0.685. The van der Waals surface area contributed by atoms with E-state index in [1.807, 2.05) is 0 Å². The lowest BCUT2D eigenvalue weighted by molar-refractivity contribution is 0.0109. The minimum atomic E-state index is 0.872. The van der Waals surface area contributed by atoms with Gasteiger partial charge < -0.3 is 9.64 Å². The Morgan fingerprint density at radius 2 is 1.71 bits per heavy atom. The van der Waals surface area contributed by atoms with Crippen LogP contribution in [0.3, 0.4) is 0 Å². The van der Waals surface area contributed by atoms with Gasteiger partial charge in [0, 0.05) is 26.2 Å². The van der Waals surface area contributed by atoms with Crippen LogP contribution in [0, 0.1) is 0 Å². The van der Waals surface area contributed by atoms with Crippen LogP contribution in [0.4, 0.5) is 0 Å². The number of nitrogens with zero attached hydrogens (tertiary/aromatic N) is 2. The molecule has 2 saturated heterocycles. The summed E-state index contributed by atoms with van der Waals surface area (Å²) in [4.78, 5) is 2.54. The first-order valence-electron chi connectivity index (χ1n) is 5.74. The Balaban J connectivity index is 1.52. The summed E-state index contributed by atoms with van der Waals surface area (Å²) in [5.74, 6) is 0. The fraction of sp³-hybridized carbons (Fsp3) is 1.00. The van der Waals surface area contributed by atoms with Crippen molar-refractivity contribution < 1.29 is 4.74 Å². The molecule has 82 valence electrons. The third kappa shape index (κ3) is 3.20. The molecule has 0 radical (unpaired) electrons. The normalized spacial score (nSPS) is 25.7. The van der Waals surface area contributed by atoms with Crippen molar-refractivity contribution in [2.24, 2.45) is 0 Å². The van der Waals surface area contributed by atoms with Crippen molar-refractivity contribution in [1.29, 1.82) is 0 Å². The molecule has 0 saturated carbocycles. The maximum absolute atomic E-state index is 5.29. The van der Waals surface area contributed by atoms with Gasteiger partial charge in [-0.25, -0.2) is 5.01 Å². The second kappa shape index (κ2) is 5.66. The minimum absolute atomic E-state index is 0.872. The molecule has 2 aliphatic rings. The number of hydrogen-bond donors (Lipinski definition) is 1. The van der Waals surface area contributed by atoms with Crippen LogP contribution in [-0.4, -0.2) is 62.4 Å². The SMILES string of the molecule is C1CCN(CCNN2CCOCC2)C1. The molecular formula is C10H21N3O. The minimum Gasteiger partial charge on any atom is -0.379 e. The smallest absolute Gasteiger partial charge is 0.0608 e. The van der Waals surface area contributed by atoms with Crippen molar-refractivity contribution in [2.75, 3.05) is 52.5 Å². The number of rotatable bonds is 4. The number of hydrogen-bond acceptors (Lipinski definition) is 4. The van der Waals surface area contributed by atoms with Crippen LogP contribution in [0.2, 0.25) is 0 Å². The van der Waals surface area contributed by atoms with Crippen LogP contribution in [0.25, 0.3) is 0 Å². The van der Waals surface area contributed by atoms with E-state index in [4.69, 9.17) is 4.74 Å². The molecule has 2 aliphatic heterocycles. The topological polar surface area (TPSA) is 27.7 Å². The van der Waals surface area contributed by atoms with Gasteiger partial charge in [-0.05, 0) is 25.9 Å². The van der Waals surface area contributed by atoms with E-state index in [2.05, 4.69) is 15.3 Å². The van der Waals surface area contributed by atoms with Crippen molar-refractivity contribution >= 4 is 0 Å². The van der Waals surface area contributed by atoms with E-state index in [9.17, 15) is 0 Å². The molecule has 4 nitrogen and oxygen atoms in total. The second-order valence-electron chi connectivity index (χ2n) is 4.06. The fourth-order valence-corrected chi connectivity index (χ4v) is 2.09. The predicted molar refractivity (Wildman–Crippen MR) is 56.1 cm³/mol. The van der Waals surface area contributed by atoms with Gasteiger partial charge in [-0.15, -0.1) is 0 Å². The Bertz CT molecular complexity index is 153. The first kappa shape index (κ1) is 10.4. The van der Waals surface area contributed by atoms with Gasteiger partial charge >= 0.3 is 0 Å². The zero-order valence-corrected chi connectivity index (χ0v) is 8.87. The first-order chi connectivity index (χ1) is 6.95. The highest BCUT2D eigenvalue weighted by Gasteiger charge is 2.12. The second-order valence-corrected chi connectivity index (χ2v) is 4.06. The van der Waals surface area contributed by atoms with Gasteiger partial charge in [0.15, 0.2) is 0 Å². The van der Waals surface area contributed by atoms with Crippen LogP contribution >= 0.6 is 0 Å². The lowest BCUT2D eigenvalue weighted by Crippen LogP contribution is -2.47. The van der Waals surface area contributed by atoms with E-state index in [1.54, 1.807) is 0 Å². The number of nitrogens with one attached hydrogen (secondary N) is 1. The molecule has 0 aromatic carbocycles. The lowest BCUT2D eigenvalue weighted by atomic mass is 10.4. The average Bonchev–Trinajstić information content (AvgIpc) is 2.72. The Labute approximate surface area is 86.2 Å². The summed E-state index contributed by atoms with van der Waals surface area (Å²) in [5, 5.41) is 2.28. The van der Waals surface area contributed by atoms with E-state index in [1.165, 1.54) is 32.5 Å². The maximum atomic E-state index is 5.29. The Hall–Kier alpha value is -0.160. The molecule has 0 spiro atoms. The molecule has 0 amide bonds. The molecule has 0 bridgehead atoms. The summed E-state index contributed by atoms with van der Waals surface area (Å²) in [6.45, 7) is 8.67. The van der Waals surface area contributed by atoms with Gasteiger partial charge in [-0.2, -0.15) is 0 Å². The number of ether oxygens (including phenoxy) is 1. The van der Waals surface area contributed by atoms with Crippen LogP contribution in [-0.2, 0) is 4.74 Å². The van der Waals surface area contributed by atoms with Gasteiger partial charge in [0.05, 0.1) is 13.2 Å². The van der Waals surface area contributed by atoms with Crippen LogP contribution in [0.1, 0.15) is 12.8 Å². The summed E-state index contributed by atoms with van der Waals surface area (Å²) < 4.78 is 5.29. The molecule has 4 heteroatoms. The molecule has 0 aromatic heterocycles. The fourth-order valence-electron chi connectivity index (χ4n) is 2.09. The predicted octanol–water partition coefficient (Wildman–Crippen LogP) is -0.0810. The van der Waals surface area contributed by atoms with Crippen molar-refractivity contribution in [3.8, 4) is 0 Å². The molecule has 2 fully saturated rings. The van der Waals surface area contributed by atoms with E-state index in [-0.39, 0.29) is 0 Å². The Kier molecular flexibility index (Phi) is 4.19.